The van der Waals surface area contributed by atoms with Crippen molar-refractivity contribution >= 4 is 44.3 Å². The van der Waals surface area contributed by atoms with E-state index in [4.69, 9.17) is 11.6 Å². The highest BCUT2D eigenvalue weighted by Gasteiger charge is 2.15. The highest BCUT2D eigenvalue weighted by atomic mass is 79.9. The van der Waals surface area contributed by atoms with Gasteiger partial charge in [-0.3, -0.25) is 9.89 Å². The van der Waals surface area contributed by atoms with Crippen LogP contribution in [0.2, 0.25) is 5.02 Å². The summed E-state index contributed by atoms with van der Waals surface area (Å²) >= 11 is 9.29. The van der Waals surface area contributed by atoms with Gasteiger partial charge in [0, 0.05) is 21.4 Å². The second-order valence-corrected chi connectivity index (χ2v) is 6.38. The van der Waals surface area contributed by atoms with Crippen LogP contribution < -0.4 is 5.32 Å². The van der Waals surface area contributed by atoms with Gasteiger partial charge in [0.1, 0.15) is 5.69 Å². The summed E-state index contributed by atoms with van der Waals surface area (Å²) in [5.74, 6) is -0.185. The average molecular weight is 379 g/mol. The molecule has 0 saturated heterocycles. The summed E-state index contributed by atoms with van der Waals surface area (Å²) in [5, 5.41) is 11.4. The molecule has 0 aliphatic carbocycles. The van der Waals surface area contributed by atoms with Gasteiger partial charge in [0.15, 0.2) is 0 Å². The second kappa shape index (κ2) is 6.10. The maximum atomic E-state index is 12.4. The molecule has 0 radical (unpaired) electrons. The van der Waals surface area contributed by atoms with E-state index in [1.807, 2.05) is 31.2 Å². The Kier molecular flexibility index (Phi) is 4.18. The lowest BCUT2D eigenvalue weighted by molar-refractivity contribution is 0.0947. The minimum atomic E-state index is -0.185. The van der Waals surface area contributed by atoms with Gasteiger partial charge < -0.3 is 5.32 Å². The molecule has 0 bridgehead atoms. The SMILES string of the molecule is Cc1cc(Br)cc2c(C(=O)NCc3ccc(Cl)cc3)[nH]nc12. The normalized spacial score (nSPS) is 10.9. The van der Waals surface area contributed by atoms with E-state index in [-0.39, 0.29) is 5.91 Å². The van der Waals surface area contributed by atoms with Crippen LogP contribution in [-0.2, 0) is 6.54 Å². The van der Waals surface area contributed by atoms with Crippen molar-refractivity contribution in [3.8, 4) is 0 Å². The molecule has 0 atom stereocenters. The topological polar surface area (TPSA) is 57.8 Å². The molecule has 0 saturated carbocycles. The number of halogens is 2. The second-order valence-electron chi connectivity index (χ2n) is 5.03. The molecule has 0 aliphatic rings. The Balaban J connectivity index is 1.82. The molecule has 4 nitrogen and oxygen atoms in total. The minimum Gasteiger partial charge on any atom is -0.347 e. The van der Waals surface area contributed by atoms with Crippen LogP contribution in [0.1, 0.15) is 21.6 Å². The molecule has 3 rings (SSSR count). The molecule has 6 heteroatoms. The van der Waals surface area contributed by atoms with Crippen LogP contribution in [0.15, 0.2) is 40.9 Å². The van der Waals surface area contributed by atoms with E-state index in [1.165, 1.54) is 0 Å². The lowest BCUT2D eigenvalue weighted by Gasteiger charge is -2.05. The van der Waals surface area contributed by atoms with Gasteiger partial charge in [-0.05, 0) is 42.3 Å². The van der Waals surface area contributed by atoms with Crippen molar-refractivity contribution in [2.75, 3.05) is 0 Å². The van der Waals surface area contributed by atoms with Crippen LogP contribution in [0.3, 0.4) is 0 Å². The van der Waals surface area contributed by atoms with Gasteiger partial charge in [-0.2, -0.15) is 5.10 Å². The van der Waals surface area contributed by atoms with Crippen molar-refractivity contribution in [1.29, 1.82) is 0 Å². The largest absolute Gasteiger partial charge is 0.347 e. The van der Waals surface area contributed by atoms with Crippen molar-refractivity contribution < 1.29 is 4.79 Å². The first kappa shape index (κ1) is 15.1. The standard InChI is InChI=1S/C16H13BrClN3O/c1-9-6-11(17)7-13-14(9)20-21-15(13)16(22)19-8-10-2-4-12(18)5-3-10/h2-7H,8H2,1H3,(H,19,22)(H,20,21). The molecule has 1 aromatic heterocycles. The summed E-state index contributed by atoms with van der Waals surface area (Å²) in [6, 6.07) is 11.2. The quantitative estimate of drug-likeness (QED) is 0.717. The molecule has 0 fully saturated rings. The van der Waals surface area contributed by atoms with E-state index in [1.54, 1.807) is 12.1 Å². The highest BCUT2D eigenvalue weighted by molar-refractivity contribution is 9.10. The molecular weight excluding hydrogens is 366 g/mol. The number of hydrogen-bond donors (Lipinski definition) is 2. The first-order chi connectivity index (χ1) is 10.5. The summed E-state index contributed by atoms with van der Waals surface area (Å²) in [6.07, 6.45) is 0. The van der Waals surface area contributed by atoms with E-state index >= 15 is 0 Å². The Morgan fingerprint density at radius 1 is 1.32 bits per heavy atom. The lowest BCUT2D eigenvalue weighted by atomic mass is 10.1. The van der Waals surface area contributed by atoms with Crippen molar-refractivity contribution in [3.05, 3.63) is 62.7 Å². The predicted octanol–water partition coefficient (Wildman–Crippen LogP) is 4.22. The van der Waals surface area contributed by atoms with Crippen molar-refractivity contribution in [2.45, 2.75) is 13.5 Å². The summed E-state index contributed by atoms with van der Waals surface area (Å²) in [5.41, 5.74) is 3.27. The van der Waals surface area contributed by atoms with Gasteiger partial charge >= 0.3 is 0 Å². The molecule has 1 heterocycles. The molecular formula is C16H13BrClN3O. The van der Waals surface area contributed by atoms with Gasteiger partial charge in [-0.1, -0.05) is 39.7 Å². The number of rotatable bonds is 3. The molecule has 3 aromatic rings. The van der Waals surface area contributed by atoms with Gasteiger partial charge in [-0.15, -0.1) is 0 Å². The number of carbonyl (C=O) groups excluding carboxylic acids is 1. The number of aromatic amines is 1. The van der Waals surface area contributed by atoms with Crippen molar-refractivity contribution in [1.82, 2.24) is 15.5 Å². The van der Waals surface area contributed by atoms with Crippen molar-refractivity contribution in [2.24, 2.45) is 0 Å². The molecule has 112 valence electrons. The molecule has 22 heavy (non-hydrogen) atoms. The van der Waals surface area contributed by atoms with Crippen LogP contribution in [0, 0.1) is 6.92 Å². The van der Waals surface area contributed by atoms with Crippen LogP contribution in [0.5, 0.6) is 0 Å². The summed E-state index contributed by atoms with van der Waals surface area (Å²) in [6.45, 7) is 2.40. The fourth-order valence-corrected chi connectivity index (χ4v) is 2.99. The maximum Gasteiger partial charge on any atom is 0.270 e. The average Bonchev–Trinajstić information content (AvgIpc) is 2.90. The summed E-state index contributed by atoms with van der Waals surface area (Å²) in [7, 11) is 0. The van der Waals surface area contributed by atoms with Crippen LogP contribution in [0.4, 0.5) is 0 Å². The van der Waals surface area contributed by atoms with Crippen LogP contribution >= 0.6 is 27.5 Å². The monoisotopic (exact) mass is 377 g/mol. The van der Waals surface area contributed by atoms with E-state index in [2.05, 4.69) is 31.4 Å². The third kappa shape index (κ3) is 3.00. The van der Waals surface area contributed by atoms with Gasteiger partial charge in [-0.25, -0.2) is 0 Å². The zero-order valence-corrected chi connectivity index (χ0v) is 14.1. The molecule has 0 unspecified atom stereocenters. The van der Waals surface area contributed by atoms with E-state index in [0.717, 1.165) is 26.5 Å². The number of amides is 1. The lowest BCUT2D eigenvalue weighted by Crippen LogP contribution is -2.23. The molecule has 1 amide bonds. The number of hydrogen-bond acceptors (Lipinski definition) is 2. The number of nitrogens with zero attached hydrogens (tertiary/aromatic N) is 1. The third-order valence-corrected chi connectivity index (χ3v) is 4.12. The fourth-order valence-electron chi connectivity index (χ4n) is 2.29. The zero-order chi connectivity index (χ0) is 15.7. The maximum absolute atomic E-state index is 12.4. The first-order valence-corrected chi connectivity index (χ1v) is 7.88. The Morgan fingerprint density at radius 3 is 2.77 bits per heavy atom. The predicted molar refractivity (Wildman–Crippen MR) is 91.2 cm³/mol. The van der Waals surface area contributed by atoms with Crippen LogP contribution in [-0.4, -0.2) is 16.1 Å². The number of fused-ring (bicyclic) bond motifs is 1. The molecule has 2 N–H and O–H groups in total. The number of aryl methyl sites for hydroxylation is 1. The number of aromatic nitrogens is 2. The Morgan fingerprint density at radius 2 is 2.05 bits per heavy atom. The molecule has 2 aromatic carbocycles. The van der Waals surface area contributed by atoms with Gasteiger partial charge in [0.2, 0.25) is 0 Å². The van der Waals surface area contributed by atoms with E-state index < -0.39 is 0 Å². The number of benzene rings is 2. The Bertz CT molecular complexity index is 842. The minimum absolute atomic E-state index is 0.185. The number of carbonyl (C=O) groups is 1. The summed E-state index contributed by atoms with van der Waals surface area (Å²) < 4.78 is 0.922. The Hall–Kier alpha value is -1.85. The Labute approximate surface area is 141 Å². The molecule has 0 spiro atoms. The molecule has 0 aliphatic heterocycles. The van der Waals surface area contributed by atoms with E-state index in [9.17, 15) is 4.79 Å². The van der Waals surface area contributed by atoms with Gasteiger partial charge in [0.05, 0.1) is 5.52 Å². The highest BCUT2D eigenvalue weighted by Crippen LogP contribution is 2.24. The third-order valence-electron chi connectivity index (χ3n) is 3.41. The fraction of sp³-hybridized carbons (Fsp3) is 0.125. The van der Waals surface area contributed by atoms with Crippen molar-refractivity contribution in [3.63, 3.8) is 0 Å². The smallest absolute Gasteiger partial charge is 0.270 e. The van der Waals surface area contributed by atoms with Gasteiger partial charge in [0.25, 0.3) is 5.91 Å². The van der Waals surface area contributed by atoms with Crippen LogP contribution in [0.25, 0.3) is 10.9 Å². The zero-order valence-electron chi connectivity index (χ0n) is 11.8. The number of nitrogens with one attached hydrogen (secondary N) is 2. The van der Waals surface area contributed by atoms with E-state index in [0.29, 0.717) is 17.3 Å². The number of H-pyrrole nitrogens is 1. The summed E-state index contributed by atoms with van der Waals surface area (Å²) in [4.78, 5) is 12.4. The first-order valence-electron chi connectivity index (χ1n) is 6.71.